The van der Waals surface area contributed by atoms with Gasteiger partial charge in [-0.2, -0.15) is 5.26 Å². The fourth-order valence-corrected chi connectivity index (χ4v) is 1.69. The third kappa shape index (κ3) is 2.96. The van der Waals surface area contributed by atoms with Crippen LogP contribution < -0.4 is 4.74 Å². The van der Waals surface area contributed by atoms with Crippen molar-refractivity contribution < 1.29 is 9.53 Å². The summed E-state index contributed by atoms with van der Waals surface area (Å²) >= 11 is 0. The highest BCUT2D eigenvalue weighted by Crippen LogP contribution is 2.20. The molecule has 94 valence electrons. The van der Waals surface area contributed by atoms with E-state index >= 15 is 0 Å². The van der Waals surface area contributed by atoms with Crippen LogP contribution in [0.25, 0.3) is 0 Å². The summed E-state index contributed by atoms with van der Waals surface area (Å²) in [4.78, 5) is 15.4. The Morgan fingerprint density at radius 3 is 2.84 bits per heavy atom. The number of aromatic nitrogens is 1. The zero-order valence-electron chi connectivity index (χ0n) is 10.5. The van der Waals surface area contributed by atoms with Crippen molar-refractivity contribution in [1.29, 1.82) is 5.26 Å². The summed E-state index contributed by atoms with van der Waals surface area (Å²) in [5, 5.41) is 8.94. The Labute approximate surface area is 111 Å². The number of ether oxygens (including phenoxy) is 1. The Morgan fingerprint density at radius 2 is 2.11 bits per heavy atom. The molecule has 2 aromatic rings. The molecule has 19 heavy (non-hydrogen) atoms. The van der Waals surface area contributed by atoms with E-state index in [2.05, 4.69) is 4.98 Å². The van der Waals surface area contributed by atoms with Crippen LogP contribution in [0.15, 0.2) is 42.6 Å². The number of carbonyl (C=O) groups excluding carboxylic acids is 1. The van der Waals surface area contributed by atoms with Crippen molar-refractivity contribution in [2.75, 3.05) is 0 Å². The number of pyridine rings is 1. The molecule has 0 saturated carbocycles. The molecule has 0 saturated heterocycles. The monoisotopic (exact) mass is 252 g/mol. The van der Waals surface area contributed by atoms with Gasteiger partial charge in [-0.3, -0.25) is 4.79 Å². The summed E-state index contributed by atoms with van der Waals surface area (Å²) in [5.74, 6) is 0.463. The SMILES string of the molecule is CC(=O)c1ccccc1OCc1cccnc1C#N. The number of carbonyl (C=O) groups is 1. The molecule has 0 atom stereocenters. The number of nitriles is 1. The van der Waals surface area contributed by atoms with Crippen molar-refractivity contribution in [2.24, 2.45) is 0 Å². The fraction of sp³-hybridized carbons (Fsp3) is 0.133. The van der Waals surface area contributed by atoms with Crippen molar-refractivity contribution in [3.05, 3.63) is 59.4 Å². The summed E-state index contributed by atoms with van der Waals surface area (Å²) in [6, 6.07) is 12.6. The minimum absolute atomic E-state index is 0.0534. The number of rotatable bonds is 4. The molecule has 4 heteroatoms. The first kappa shape index (κ1) is 12.8. The Kier molecular flexibility index (Phi) is 3.89. The summed E-state index contributed by atoms with van der Waals surface area (Å²) in [6.07, 6.45) is 1.56. The molecule has 0 fully saturated rings. The van der Waals surface area contributed by atoms with Gasteiger partial charge in [-0.05, 0) is 25.1 Å². The van der Waals surface area contributed by atoms with Gasteiger partial charge in [-0.25, -0.2) is 4.98 Å². The number of benzene rings is 1. The van der Waals surface area contributed by atoms with Crippen molar-refractivity contribution in [1.82, 2.24) is 4.98 Å². The first-order chi connectivity index (χ1) is 9.22. The topological polar surface area (TPSA) is 63.0 Å². The average molecular weight is 252 g/mol. The molecule has 1 heterocycles. The zero-order chi connectivity index (χ0) is 13.7. The lowest BCUT2D eigenvalue weighted by Crippen LogP contribution is -2.03. The van der Waals surface area contributed by atoms with Crippen LogP contribution >= 0.6 is 0 Å². The normalized spacial score (nSPS) is 9.68. The molecule has 0 aliphatic heterocycles. The molecule has 1 aromatic carbocycles. The van der Waals surface area contributed by atoms with Crippen LogP contribution in [-0.4, -0.2) is 10.8 Å². The minimum Gasteiger partial charge on any atom is -0.488 e. The summed E-state index contributed by atoms with van der Waals surface area (Å²) < 4.78 is 5.62. The van der Waals surface area contributed by atoms with E-state index in [0.717, 1.165) is 0 Å². The van der Waals surface area contributed by atoms with Crippen LogP contribution in [0, 0.1) is 11.3 Å². The molecule has 0 N–H and O–H groups in total. The molecule has 0 radical (unpaired) electrons. The van der Waals surface area contributed by atoms with Gasteiger partial charge < -0.3 is 4.74 Å². The number of hydrogen-bond acceptors (Lipinski definition) is 4. The van der Waals surface area contributed by atoms with Gasteiger partial charge in [0.2, 0.25) is 0 Å². The number of nitrogens with zero attached hydrogens (tertiary/aromatic N) is 2. The predicted molar refractivity (Wildman–Crippen MR) is 69.7 cm³/mol. The fourth-order valence-electron chi connectivity index (χ4n) is 1.69. The number of para-hydroxylation sites is 1. The van der Waals surface area contributed by atoms with Gasteiger partial charge >= 0.3 is 0 Å². The van der Waals surface area contributed by atoms with Gasteiger partial charge in [0.25, 0.3) is 0 Å². The molecule has 0 unspecified atom stereocenters. The van der Waals surface area contributed by atoms with Crippen LogP contribution in [-0.2, 0) is 6.61 Å². The Bertz CT molecular complexity index is 645. The lowest BCUT2D eigenvalue weighted by Gasteiger charge is -2.10. The van der Waals surface area contributed by atoms with Crippen molar-refractivity contribution in [2.45, 2.75) is 13.5 Å². The molecular formula is C15H12N2O2. The number of ketones is 1. The van der Waals surface area contributed by atoms with Crippen molar-refractivity contribution >= 4 is 5.78 Å². The molecule has 0 aliphatic rings. The Morgan fingerprint density at radius 1 is 1.32 bits per heavy atom. The van der Waals surface area contributed by atoms with Crippen molar-refractivity contribution in [3.63, 3.8) is 0 Å². The van der Waals surface area contributed by atoms with E-state index < -0.39 is 0 Å². The number of hydrogen-bond donors (Lipinski definition) is 0. The van der Waals surface area contributed by atoms with Gasteiger partial charge in [0.15, 0.2) is 5.78 Å². The first-order valence-corrected chi connectivity index (χ1v) is 5.79. The van der Waals surface area contributed by atoms with E-state index in [1.165, 1.54) is 6.92 Å². The quantitative estimate of drug-likeness (QED) is 0.785. The highest BCUT2D eigenvalue weighted by Gasteiger charge is 2.09. The summed E-state index contributed by atoms with van der Waals surface area (Å²) in [7, 11) is 0. The smallest absolute Gasteiger partial charge is 0.163 e. The second kappa shape index (κ2) is 5.78. The van der Waals surface area contributed by atoms with Crippen LogP contribution in [0.4, 0.5) is 0 Å². The molecule has 1 aromatic heterocycles. The van der Waals surface area contributed by atoms with Gasteiger partial charge in [-0.1, -0.05) is 18.2 Å². The van der Waals surface area contributed by atoms with Gasteiger partial charge in [0, 0.05) is 11.8 Å². The number of Topliss-reactive ketones (excluding diaryl/α,β-unsaturated/α-hetero) is 1. The Hall–Kier alpha value is -2.67. The maximum Gasteiger partial charge on any atom is 0.163 e. The zero-order valence-corrected chi connectivity index (χ0v) is 10.5. The predicted octanol–water partition coefficient (Wildman–Crippen LogP) is 2.73. The molecule has 0 spiro atoms. The van der Waals surface area contributed by atoms with Gasteiger partial charge in [-0.15, -0.1) is 0 Å². The molecule has 2 rings (SSSR count). The summed E-state index contributed by atoms with van der Waals surface area (Å²) in [6.45, 7) is 1.70. The minimum atomic E-state index is -0.0534. The standard InChI is InChI=1S/C15H12N2O2/c1-11(18)13-6-2-3-7-15(13)19-10-12-5-4-8-17-14(12)9-16/h2-8H,10H2,1H3. The Balaban J connectivity index is 2.20. The van der Waals surface area contributed by atoms with Crippen LogP contribution in [0.1, 0.15) is 28.5 Å². The maximum atomic E-state index is 11.5. The maximum absolute atomic E-state index is 11.5. The molecule has 0 bridgehead atoms. The van der Waals surface area contributed by atoms with E-state index in [1.807, 2.05) is 6.07 Å². The third-order valence-electron chi connectivity index (χ3n) is 2.65. The van der Waals surface area contributed by atoms with E-state index in [-0.39, 0.29) is 12.4 Å². The van der Waals surface area contributed by atoms with E-state index in [4.69, 9.17) is 10.00 Å². The second-order valence-corrected chi connectivity index (χ2v) is 3.96. The van der Waals surface area contributed by atoms with E-state index in [0.29, 0.717) is 22.6 Å². The third-order valence-corrected chi connectivity index (χ3v) is 2.65. The lowest BCUT2D eigenvalue weighted by molar-refractivity contribution is 0.101. The van der Waals surface area contributed by atoms with Crippen LogP contribution in [0.2, 0.25) is 0 Å². The molecular weight excluding hydrogens is 240 g/mol. The van der Waals surface area contributed by atoms with Crippen LogP contribution in [0.3, 0.4) is 0 Å². The van der Waals surface area contributed by atoms with E-state index in [9.17, 15) is 4.79 Å². The molecule has 0 amide bonds. The van der Waals surface area contributed by atoms with Crippen LogP contribution in [0.5, 0.6) is 5.75 Å². The highest BCUT2D eigenvalue weighted by atomic mass is 16.5. The largest absolute Gasteiger partial charge is 0.488 e. The first-order valence-electron chi connectivity index (χ1n) is 5.79. The summed E-state index contributed by atoms with van der Waals surface area (Å²) in [5.41, 5.74) is 1.57. The molecule has 4 nitrogen and oxygen atoms in total. The van der Waals surface area contributed by atoms with Gasteiger partial charge in [0.1, 0.15) is 24.1 Å². The second-order valence-electron chi connectivity index (χ2n) is 3.96. The highest BCUT2D eigenvalue weighted by molar-refractivity contribution is 5.96. The molecule has 0 aliphatic carbocycles. The van der Waals surface area contributed by atoms with E-state index in [1.54, 1.807) is 42.6 Å². The lowest BCUT2D eigenvalue weighted by atomic mass is 10.1. The van der Waals surface area contributed by atoms with Crippen molar-refractivity contribution in [3.8, 4) is 11.8 Å². The van der Waals surface area contributed by atoms with Gasteiger partial charge in [0.05, 0.1) is 5.56 Å². The average Bonchev–Trinajstić information content (AvgIpc) is 2.45.